The summed E-state index contributed by atoms with van der Waals surface area (Å²) in [7, 11) is -3.84. The highest BCUT2D eigenvalue weighted by atomic mass is 31.2. The van der Waals surface area contributed by atoms with Crippen LogP contribution in [0.4, 0.5) is 0 Å². The van der Waals surface area contributed by atoms with E-state index < -0.39 is 30.9 Å². The summed E-state index contributed by atoms with van der Waals surface area (Å²) in [5, 5.41) is 0.348. The van der Waals surface area contributed by atoms with E-state index in [4.69, 9.17) is 22.2 Å². The Labute approximate surface area is 145 Å². The monoisotopic (exact) mass is 348 g/mol. The largest absolute Gasteiger partial charge is 0.373 e. The molecule has 0 aromatic heterocycles. The zero-order valence-electron chi connectivity index (χ0n) is 15.1. The van der Waals surface area contributed by atoms with E-state index in [2.05, 4.69) is 9.69 Å². The summed E-state index contributed by atoms with van der Waals surface area (Å²) in [5.41, 5.74) is -1.07. The van der Waals surface area contributed by atoms with Crippen LogP contribution < -0.4 is 5.30 Å². The van der Waals surface area contributed by atoms with Crippen molar-refractivity contribution in [1.82, 2.24) is 0 Å². The van der Waals surface area contributed by atoms with Crippen molar-refractivity contribution in [3.63, 3.8) is 0 Å². The molecule has 0 bridgehead atoms. The predicted molar refractivity (Wildman–Crippen MR) is 95.5 cm³/mol. The molecule has 0 aliphatic carbocycles. The average Bonchev–Trinajstić information content (AvgIpc) is 2.49. The molecule has 6 heteroatoms. The summed E-state index contributed by atoms with van der Waals surface area (Å²) in [6, 6.07) is 8.51. The molecule has 2 atom stereocenters. The van der Waals surface area contributed by atoms with Crippen LogP contribution in [-0.2, 0) is 13.6 Å². The quantitative estimate of drug-likeness (QED) is 0.548. The van der Waals surface area contributed by atoms with Gasteiger partial charge in [0.1, 0.15) is 0 Å². The van der Waals surface area contributed by atoms with E-state index in [1.807, 2.05) is 41.5 Å². The molecular formula is C18H25N2O3P. The molecule has 1 rings (SSSR count). The number of hydrogen-bond acceptors (Lipinski definition) is 3. The first-order valence-corrected chi connectivity index (χ1v) is 9.24. The lowest BCUT2D eigenvalue weighted by Gasteiger charge is -2.28. The molecule has 5 nitrogen and oxygen atoms in total. The van der Waals surface area contributed by atoms with Gasteiger partial charge in [0.05, 0.1) is 16.1 Å². The van der Waals surface area contributed by atoms with Crippen LogP contribution in [0.3, 0.4) is 0 Å². The maximum atomic E-state index is 13.5. The van der Waals surface area contributed by atoms with Gasteiger partial charge in [-0.2, -0.15) is 0 Å². The molecule has 0 amide bonds. The maximum Gasteiger partial charge on any atom is 0.373 e. The standard InChI is InChI=1S/C18H25N2O3P/c1-17(2,3)15(19-7)22-24(21,14-12-10-9-11-13-14)23-16(20-8)18(4,5)6/h9-13,15-16H,1-6H3/t15-,16-/m0/s1. The lowest BCUT2D eigenvalue weighted by Crippen LogP contribution is -2.31. The van der Waals surface area contributed by atoms with Crippen molar-refractivity contribution in [2.45, 2.75) is 54.0 Å². The molecule has 0 aliphatic heterocycles. The van der Waals surface area contributed by atoms with Crippen molar-refractivity contribution in [3.8, 4) is 0 Å². The van der Waals surface area contributed by atoms with Crippen molar-refractivity contribution < 1.29 is 13.6 Å². The Hall–Kier alpha value is -1.65. The normalized spacial score (nSPS) is 15.2. The van der Waals surface area contributed by atoms with Gasteiger partial charge in [0, 0.05) is 0 Å². The zero-order valence-corrected chi connectivity index (χ0v) is 16.0. The summed E-state index contributed by atoms with van der Waals surface area (Å²) in [4.78, 5) is 6.93. The van der Waals surface area contributed by atoms with E-state index >= 15 is 0 Å². The van der Waals surface area contributed by atoms with Gasteiger partial charge >= 0.3 is 20.1 Å². The Morgan fingerprint density at radius 3 is 1.54 bits per heavy atom. The van der Waals surface area contributed by atoms with E-state index in [-0.39, 0.29) is 0 Å². The highest BCUT2D eigenvalue weighted by molar-refractivity contribution is 7.62. The fourth-order valence-electron chi connectivity index (χ4n) is 1.77. The zero-order chi connectivity index (χ0) is 18.6. The fraction of sp³-hybridized carbons (Fsp3) is 0.556. The highest BCUT2D eigenvalue weighted by Crippen LogP contribution is 2.53. The Morgan fingerprint density at radius 2 is 1.25 bits per heavy atom. The third kappa shape index (κ3) is 5.18. The van der Waals surface area contributed by atoms with Crippen molar-refractivity contribution in [3.05, 3.63) is 53.2 Å². The van der Waals surface area contributed by atoms with E-state index in [0.29, 0.717) is 5.30 Å². The molecule has 0 aliphatic rings. The topological polar surface area (TPSA) is 44.2 Å². The minimum absolute atomic E-state index is 0.348. The summed E-state index contributed by atoms with van der Waals surface area (Å²) in [5.74, 6) is 0. The summed E-state index contributed by atoms with van der Waals surface area (Å²) >= 11 is 0. The van der Waals surface area contributed by atoms with Gasteiger partial charge in [-0.15, -0.1) is 0 Å². The minimum atomic E-state index is -3.84. The molecule has 0 unspecified atom stereocenters. The van der Waals surface area contributed by atoms with Crippen LogP contribution >= 0.6 is 7.60 Å². The second-order valence-corrected chi connectivity index (χ2v) is 9.67. The van der Waals surface area contributed by atoms with E-state index in [1.165, 1.54) is 0 Å². The molecule has 1 aromatic rings. The van der Waals surface area contributed by atoms with Crippen LogP contribution in [0.1, 0.15) is 41.5 Å². The van der Waals surface area contributed by atoms with Gasteiger partial charge in [0.2, 0.25) is 0 Å². The molecule has 0 radical (unpaired) electrons. The van der Waals surface area contributed by atoms with E-state index in [0.717, 1.165) is 0 Å². The fourth-order valence-corrected chi connectivity index (χ4v) is 3.85. The second kappa shape index (κ2) is 7.49. The van der Waals surface area contributed by atoms with Crippen LogP contribution in [0.2, 0.25) is 0 Å². The van der Waals surface area contributed by atoms with Gasteiger partial charge in [-0.05, 0) is 53.7 Å². The number of benzene rings is 1. The molecule has 130 valence electrons. The summed E-state index contributed by atoms with van der Waals surface area (Å²) < 4.78 is 24.9. The van der Waals surface area contributed by atoms with Crippen LogP contribution in [0.15, 0.2) is 30.3 Å². The molecular weight excluding hydrogens is 323 g/mol. The first-order chi connectivity index (χ1) is 10.9. The van der Waals surface area contributed by atoms with Crippen molar-refractivity contribution in [2.24, 2.45) is 10.8 Å². The lowest BCUT2D eigenvalue weighted by molar-refractivity contribution is 0.0636. The molecule has 0 spiro atoms. The lowest BCUT2D eigenvalue weighted by atomic mass is 9.95. The number of hydrogen-bond donors (Lipinski definition) is 0. The SMILES string of the molecule is [C-]#[N+][C@@H](OP(=O)(O[C@H]([N+]#[C-])C(C)(C)C)c1ccccc1)C(C)(C)C. The van der Waals surface area contributed by atoms with Crippen LogP contribution in [0, 0.1) is 24.0 Å². The smallest absolute Gasteiger partial charge is 0.282 e. The number of rotatable bonds is 5. The minimum Gasteiger partial charge on any atom is -0.282 e. The van der Waals surface area contributed by atoms with Gasteiger partial charge in [-0.25, -0.2) is 22.2 Å². The average molecular weight is 348 g/mol. The van der Waals surface area contributed by atoms with E-state index in [1.54, 1.807) is 30.3 Å². The molecule has 0 saturated carbocycles. The van der Waals surface area contributed by atoms with Gasteiger partial charge in [0.15, 0.2) is 0 Å². The molecule has 0 fully saturated rings. The first kappa shape index (κ1) is 20.4. The summed E-state index contributed by atoms with van der Waals surface area (Å²) in [6.45, 7) is 25.7. The Morgan fingerprint density at radius 1 is 0.875 bits per heavy atom. The van der Waals surface area contributed by atoms with Crippen LogP contribution in [0.25, 0.3) is 9.69 Å². The first-order valence-electron chi connectivity index (χ1n) is 7.69. The molecule has 1 aromatic carbocycles. The van der Waals surface area contributed by atoms with Crippen LogP contribution in [-0.4, -0.2) is 12.5 Å². The third-order valence-electron chi connectivity index (χ3n) is 3.27. The molecule has 0 N–H and O–H groups in total. The Balaban J connectivity index is 3.32. The molecule has 24 heavy (non-hydrogen) atoms. The molecule has 0 heterocycles. The maximum absolute atomic E-state index is 13.5. The highest BCUT2D eigenvalue weighted by Gasteiger charge is 2.46. The van der Waals surface area contributed by atoms with Gasteiger partial charge in [-0.3, -0.25) is 14.3 Å². The van der Waals surface area contributed by atoms with E-state index in [9.17, 15) is 4.57 Å². The number of nitrogens with zero attached hydrogens (tertiary/aromatic N) is 2. The second-order valence-electron chi connectivity index (χ2n) is 7.74. The van der Waals surface area contributed by atoms with Gasteiger partial charge < -0.3 is 0 Å². The van der Waals surface area contributed by atoms with Crippen molar-refractivity contribution >= 4 is 12.9 Å². The molecule has 0 saturated heterocycles. The van der Waals surface area contributed by atoms with Gasteiger partial charge in [-0.1, -0.05) is 18.2 Å². The Bertz CT molecular complexity index is 637. The van der Waals surface area contributed by atoms with Crippen molar-refractivity contribution in [1.29, 1.82) is 0 Å². The third-order valence-corrected chi connectivity index (χ3v) is 5.15. The predicted octanol–water partition coefficient (Wildman–Crippen LogP) is 5.12. The van der Waals surface area contributed by atoms with Gasteiger partial charge in [0.25, 0.3) is 0 Å². The van der Waals surface area contributed by atoms with Crippen molar-refractivity contribution in [2.75, 3.05) is 0 Å². The Kier molecular flexibility index (Phi) is 6.37. The summed E-state index contributed by atoms with van der Waals surface area (Å²) in [6.07, 6.45) is -1.90. The van der Waals surface area contributed by atoms with Crippen LogP contribution in [0.5, 0.6) is 0 Å².